The molecule has 1 unspecified atom stereocenters. The smallest absolute Gasteiger partial charge is 0.154 e. The van der Waals surface area contributed by atoms with E-state index in [0.717, 1.165) is 29.8 Å². The average molecular weight is 242 g/mol. The SMILES string of the molecule is Cc1ccncc1C(F)c1cccc2c1NCC2. The van der Waals surface area contributed by atoms with Gasteiger partial charge in [-0.3, -0.25) is 4.98 Å². The molecule has 3 rings (SSSR count). The van der Waals surface area contributed by atoms with Gasteiger partial charge in [-0.15, -0.1) is 0 Å². The second-order valence-corrected chi connectivity index (χ2v) is 4.65. The van der Waals surface area contributed by atoms with Gasteiger partial charge in [-0.2, -0.15) is 0 Å². The van der Waals surface area contributed by atoms with E-state index in [9.17, 15) is 4.39 Å². The van der Waals surface area contributed by atoms with Crippen molar-refractivity contribution in [2.45, 2.75) is 19.5 Å². The Labute approximate surface area is 106 Å². The second-order valence-electron chi connectivity index (χ2n) is 4.65. The summed E-state index contributed by atoms with van der Waals surface area (Å²) >= 11 is 0. The van der Waals surface area contributed by atoms with Crippen LogP contribution in [0.1, 0.15) is 28.4 Å². The zero-order chi connectivity index (χ0) is 12.5. The highest BCUT2D eigenvalue weighted by Gasteiger charge is 2.22. The van der Waals surface area contributed by atoms with Crippen LogP contribution in [0.5, 0.6) is 0 Å². The van der Waals surface area contributed by atoms with Crippen molar-refractivity contribution in [1.82, 2.24) is 4.98 Å². The fourth-order valence-electron chi connectivity index (χ4n) is 2.49. The summed E-state index contributed by atoms with van der Waals surface area (Å²) < 4.78 is 14.7. The number of hydrogen-bond donors (Lipinski definition) is 1. The number of para-hydroxylation sites is 1. The quantitative estimate of drug-likeness (QED) is 0.872. The standard InChI is InChI=1S/C15H15FN2/c1-10-5-7-17-9-13(10)14(16)12-4-2-3-11-6-8-18-15(11)12/h2-5,7,9,14,18H,6,8H2,1H3. The van der Waals surface area contributed by atoms with E-state index in [0.29, 0.717) is 5.56 Å². The predicted octanol–water partition coefficient (Wildman–Crippen LogP) is 3.42. The first-order valence-electron chi connectivity index (χ1n) is 6.17. The minimum atomic E-state index is -1.11. The molecular weight excluding hydrogens is 227 g/mol. The van der Waals surface area contributed by atoms with Crippen LogP contribution in [0.25, 0.3) is 0 Å². The van der Waals surface area contributed by atoms with Gasteiger partial charge in [0.05, 0.1) is 0 Å². The zero-order valence-corrected chi connectivity index (χ0v) is 10.3. The summed E-state index contributed by atoms with van der Waals surface area (Å²) in [7, 11) is 0. The highest BCUT2D eigenvalue weighted by atomic mass is 19.1. The maximum absolute atomic E-state index is 14.7. The maximum Gasteiger partial charge on any atom is 0.154 e. The summed E-state index contributed by atoms with van der Waals surface area (Å²) in [5.41, 5.74) is 4.48. The first-order valence-corrected chi connectivity index (χ1v) is 6.17. The van der Waals surface area contributed by atoms with Crippen LogP contribution in [-0.2, 0) is 6.42 Å². The normalized spacial score (nSPS) is 15.0. The summed E-state index contributed by atoms with van der Waals surface area (Å²) in [6, 6.07) is 7.69. The van der Waals surface area contributed by atoms with Crippen LogP contribution in [0.15, 0.2) is 36.7 Å². The second kappa shape index (κ2) is 4.41. The van der Waals surface area contributed by atoms with E-state index in [4.69, 9.17) is 0 Å². The molecule has 0 saturated carbocycles. The first kappa shape index (κ1) is 11.2. The third kappa shape index (κ3) is 1.76. The number of pyridine rings is 1. The molecule has 1 atom stereocenters. The Balaban J connectivity index is 2.06. The molecule has 18 heavy (non-hydrogen) atoms. The van der Waals surface area contributed by atoms with E-state index in [1.807, 2.05) is 25.1 Å². The highest BCUT2D eigenvalue weighted by molar-refractivity contribution is 5.63. The predicted molar refractivity (Wildman–Crippen MR) is 70.6 cm³/mol. The molecule has 2 nitrogen and oxygen atoms in total. The van der Waals surface area contributed by atoms with Crippen LogP contribution in [0.2, 0.25) is 0 Å². The summed E-state index contributed by atoms with van der Waals surface area (Å²) in [5, 5.41) is 3.28. The summed E-state index contributed by atoms with van der Waals surface area (Å²) in [4.78, 5) is 4.03. The summed E-state index contributed by atoms with van der Waals surface area (Å²) in [6.07, 6.45) is 3.18. The number of aryl methyl sites for hydroxylation is 1. The lowest BCUT2D eigenvalue weighted by molar-refractivity contribution is 0.400. The van der Waals surface area contributed by atoms with Gasteiger partial charge in [0.15, 0.2) is 6.17 Å². The molecule has 1 N–H and O–H groups in total. The molecule has 1 aliphatic heterocycles. The molecule has 1 aliphatic rings. The van der Waals surface area contributed by atoms with Crippen LogP contribution < -0.4 is 5.32 Å². The molecule has 92 valence electrons. The number of alkyl halides is 1. The minimum Gasteiger partial charge on any atom is -0.384 e. The molecule has 0 bridgehead atoms. The van der Waals surface area contributed by atoms with Crippen LogP contribution in [0, 0.1) is 6.92 Å². The van der Waals surface area contributed by atoms with Crippen LogP contribution in [0.3, 0.4) is 0 Å². The lowest BCUT2D eigenvalue weighted by Gasteiger charge is -2.15. The molecular formula is C15H15FN2. The molecule has 0 spiro atoms. The number of nitrogens with zero attached hydrogens (tertiary/aromatic N) is 1. The van der Waals surface area contributed by atoms with Crippen molar-refractivity contribution < 1.29 is 4.39 Å². The molecule has 1 aromatic heterocycles. The van der Waals surface area contributed by atoms with Crippen molar-refractivity contribution >= 4 is 5.69 Å². The fourth-order valence-corrected chi connectivity index (χ4v) is 2.49. The van der Waals surface area contributed by atoms with Crippen molar-refractivity contribution in [3.8, 4) is 0 Å². The van der Waals surface area contributed by atoms with Crippen molar-refractivity contribution in [3.05, 3.63) is 58.9 Å². The van der Waals surface area contributed by atoms with E-state index in [2.05, 4.69) is 16.4 Å². The highest BCUT2D eigenvalue weighted by Crippen LogP contribution is 2.36. The number of aromatic nitrogens is 1. The zero-order valence-electron chi connectivity index (χ0n) is 10.3. The monoisotopic (exact) mass is 242 g/mol. The number of halogens is 1. The first-order chi connectivity index (χ1) is 8.77. The van der Waals surface area contributed by atoms with Crippen LogP contribution >= 0.6 is 0 Å². The number of rotatable bonds is 2. The van der Waals surface area contributed by atoms with Crippen LogP contribution in [0.4, 0.5) is 10.1 Å². The lowest BCUT2D eigenvalue weighted by atomic mass is 9.97. The molecule has 0 fully saturated rings. The van der Waals surface area contributed by atoms with E-state index in [1.165, 1.54) is 5.56 Å². The van der Waals surface area contributed by atoms with E-state index >= 15 is 0 Å². The van der Waals surface area contributed by atoms with Gasteiger partial charge in [-0.25, -0.2) is 4.39 Å². The number of fused-ring (bicyclic) bond motifs is 1. The van der Waals surface area contributed by atoms with Gasteiger partial charge >= 0.3 is 0 Å². The van der Waals surface area contributed by atoms with Gasteiger partial charge in [0.25, 0.3) is 0 Å². The molecule has 2 aromatic rings. The molecule has 0 saturated heterocycles. The van der Waals surface area contributed by atoms with E-state index in [1.54, 1.807) is 12.4 Å². The Morgan fingerprint density at radius 1 is 1.28 bits per heavy atom. The maximum atomic E-state index is 14.7. The van der Waals surface area contributed by atoms with Gasteiger partial charge in [-0.1, -0.05) is 18.2 Å². The largest absolute Gasteiger partial charge is 0.384 e. The molecule has 3 heteroatoms. The fraction of sp³-hybridized carbons (Fsp3) is 0.267. The third-order valence-corrected chi connectivity index (χ3v) is 3.50. The van der Waals surface area contributed by atoms with Crippen molar-refractivity contribution in [2.24, 2.45) is 0 Å². The Bertz CT molecular complexity index is 580. The number of hydrogen-bond acceptors (Lipinski definition) is 2. The van der Waals surface area contributed by atoms with Crippen molar-refractivity contribution in [1.29, 1.82) is 0 Å². The van der Waals surface area contributed by atoms with Gasteiger partial charge in [0.2, 0.25) is 0 Å². The number of nitrogens with one attached hydrogen (secondary N) is 1. The average Bonchev–Trinajstić information content (AvgIpc) is 2.86. The minimum absolute atomic E-state index is 0.652. The Hall–Kier alpha value is -1.90. The Kier molecular flexibility index (Phi) is 2.74. The van der Waals surface area contributed by atoms with E-state index < -0.39 is 6.17 Å². The molecule has 0 amide bonds. The summed E-state index contributed by atoms with van der Waals surface area (Å²) in [5.74, 6) is 0. The van der Waals surface area contributed by atoms with Gasteiger partial charge in [0, 0.05) is 35.8 Å². The topological polar surface area (TPSA) is 24.9 Å². The van der Waals surface area contributed by atoms with Gasteiger partial charge in [0.1, 0.15) is 0 Å². The van der Waals surface area contributed by atoms with Gasteiger partial charge < -0.3 is 5.32 Å². The summed E-state index contributed by atoms with van der Waals surface area (Å²) in [6.45, 7) is 2.81. The molecule has 1 aromatic carbocycles. The number of anilines is 1. The Morgan fingerprint density at radius 3 is 3.00 bits per heavy atom. The van der Waals surface area contributed by atoms with Crippen molar-refractivity contribution in [2.75, 3.05) is 11.9 Å². The molecule has 2 heterocycles. The van der Waals surface area contributed by atoms with Crippen molar-refractivity contribution in [3.63, 3.8) is 0 Å². The van der Waals surface area contributed by atoms with Crippen LogP contribution in [-0.4, -0.2) is 11.5 Å². The lowest BCUT2D eigenvalue weighted by Crippen LogP contribution is -2.02. The third-order valence-electron chi connectivity index (χ3n) is 3.50. The Morgan fingerprint density at radius 2 is 2.17 bits per heavy atom. The van der Waals surface area contributed by atoms with E-state index in [-0.39, 0.29) is 0 Å². The molecule has 0 aliphatic carbocycles. The number of benzene rings is 1. The molecule has 0 radical (unpaired) electrons. The van der Waals surface area contributed by atoms with Gasteiger partial charge in [-0.05, 0) is 30.5 Å².